The molecule has 1 saturated heterocycles. The Labute approximate surface area is 106 Å². The Morgan fingerprint density at radius 3 is 2.44 bits per heavy atom. The molecule has 0 spiro atoms. The number of carbonyl (C=O) groups is 1. The van der Waals surface area contributed by atoms with Crippen molar-refractivity contribution in [3.63, 3.8) is 0 Å². The van der Waals surface area contributed by atoms with Crippen LogP contribution < -0.4 is 5.73 Å². The summed E-state index contributed by atoms with van der Waals surface area (Å²) < 4.78 is 18.1. The molecular formula is C14H18FNO2. The number of Topliss-reactive ketones (excluding diaryl/α,β-unsaturated/α-hetero) is 1. The van der Waals surface area contributed by atoms with E-state index >= 15 is 0 Å². The average Bonchev–Trinajstić information content (AvgIpc) is 2.42. The van der Waals surface area contributed by atoms with E-state index in [1.54, 1.807) is 12.1 Å². The van der Waals surface area contributed by atoms with Gasteiger partial charge in [-0.3, -0.25) is 4.79 Å². The lowest BCUT2D eigenvalue weighted by Gasteiger charge is -2.34. The summed E-state index contributed by atoms with van der Waals surface area (Å²) in [7, 11) is 0. The molecule has 0 aromatic heterocycles. The Morgan fingerprint density at radius 2 is 1.89 bits per heavy atom. The van der Waals surface area contributed by atoms with E-state index in [-0.39, 0.29) is 11.6 Å². The highest BCUT2D eigenvalue weighted by molar-refractivity contribution is 5.87. The second kappa shape index (κ2) is 5.59. The number of ketones is 1. The van der Waals surface area contributed by atoms with Crippen LogP contribution in [0.25, 0.3) is 0 Å². The van der Waals surface area contributed by atoms with E-state index in [0.717, 1.165) is 5.56 Å². The van der Waals surface area contributed by atoms with Crippen molar-refractivity contribution in [2.24, 2.45) is 11.1 Å². The van der Waals surface area contributed by atoms with Gasteiger partial charge >= 0.3 is 0 Å². The van der Waals surface area contributed by atoms with Crippen LogP contribution >= 0.6 is 0 Å². The van der Waals surface area contributed by atoms with Gasteiger partial charge in [-0.25, -0.2) is 4.39 Å². The van der Waals surface area contributed by atoms with Crippen molar-refractivity contribution in [3.8, 4) is 0 Å². The molecule has 0 aliphatic carbocycles. The van der Waals surface area contributed by atoms with Gasteiger partial charge in [-0.1, -0.05) is 12.1 Å². The van der Waals surface area contributed by atoms with Crippen molar-refractivity contribution >= 4 is 5.78 Å². The first-order chi connectivity index (χ1) is 8.66. The third kappa shape index (κ3) is 2.76. The van der Waals surface area contributed by atoms with Gasteiger partial charge in [0.1, 0.15) is 11.6 Å². The summed E-state index contributed by atoms with van der Waals surface area (Å²) in [4.78, 5) is 12.4. The van der Waals surface area contributed by atoms with E-state index in [4.69, 9.17) is 10.5 Å². The topological polar surface area (TPSA) is 52.3 Å². The van der Waals surface area contributed by atoms with E-state index in [1.807, 2.05) is 0 Å². The molecular weight excluding hydrogens is 233 g/mol. The molecule has 18 heavy (non-hydrogen) atoms. The molecule has 2 N–H and O–H groups in total. The van der Waals surface area contributed by atoms with Gasteiger partial charge in [-0.2, -0.15) is 0 Å². The van der Waals surface area contributed by atoms with Gasteiger partial charge in [0.25, 0.3) is 0 Å². The Hall–Kier alpha value is -1.26. The van der Waals surface area contributed by atoms with Crippen molar-refractivity contribution in [1.82, 2.24) is 0 Å². The molecule has 0 unspecified atom stereocenters. The number of ether oxygens (including phenoxy) is 1. The molecule has 0 amide bonds. The second-order valence-electron chi connectivity index (χ2n) is 4.82. The van der Waals surface area contributed by atoms with Gasteiger partial charge in [-0.05, 0) is 30.5 Å². The van der Waals surface area contributed by atoms with Gasteiger partial charge < -0.3 is 10.5 Å². The molecule has 1 aromatic carbocycles. The highest BCUT2D eigenvalue weighted by Gasteiger charge is 2.38. The first kappa shape index (κ1) is 13.2. The van der Waals surface area contributed by atoms with E-state index in [0.29, 0.717) is 39.0 Å². The fourth-order valence-corrected chi connectivity index (χ4v) is 2.33. The lowest BCUT2D eigenvalue weighted by Crippen LogP contribution is -2.44. The molecule has 4 heteroatoms. The fraction of sp³-hybridized carbons (Fsp3) is 0.500. The van der Waals surface area contributed by atoms with Crippen molar-refractivity contribution in [1.29, 1.82) is 0 Å². The molecule has 1 aromatic rings. The highest BCUT2D eigenvalue weighted by Crippen LogP contribution is 2.31. The number of halogens is 1. The molecule has 1 aliphatic rings. The summed E-state index contributed by atoms with van der Waals surface area (Å²) in [5.74, 6) is -0.147. The van der Waals surface area contributed by atoms with Gasteiger partial charge in [-0.15, -0.1) is 0 Å². The minimum Gasteiger partial charge on any atom is -0.381 e. The van der Waals surface area contributed by atoms with Gasteiger partial charge in [0.05, 0.1) is 0 Å². The van der Waals surface area contributed by atoms with Crippen LogP contribution in [0.4, 0.5) is 4.39 Å². The maximum absolute atomic E-state index is 12.8. The molecule has 0 atom stereocenters. The maximum atomic E-state index is 12.8. The standard InChI is InChI=1S/C14H18FNO2/c15-12-3-1-11(2-4-12)9-13(17)14(10-16)5-7-18-8-6-14/h1-4H,5-10,16H2. The van der Waals surface area contributed by atoms with Crippen molar-refractivity contribution in [2.75, 3.05) is 19.8 Å². The third-order valence-electron chi connectivity index (χ3n) is 3.71. The largest absolute Gasteiger partial charge is 0.381 e. The number of hydrogen-bond acceptors (Lipinski definition) is 3. The summed E-state index contributed by atoms with van der Waals surface area (Å²) in [5, 5.41) is 0. The van der Waals surface area contributed by atoms with Gasteiger partial charge in [0.2, 0.25) is 0 Å². The van der Waals surface area contributed by atoms with E-state index in [2.05, 4.69) is 0 Å². The number of carbonyl (C=O) groups excluding carboxylic acids is 1. The van der Waals surface area contributed by atoms with E-state index < -0.39 is 5.41 Å². The molecule has 2 rings (SSSR count). The Balaban J connectivity index is 2.07. The van der Waals surface area contributed by atoms with Crippen LogP contribution in [0, 0.1) is 11.2 Å². The fourth-order valence-electron chi connectivity index (χ4n) is 2.33. The minimum atomic E-state index is -0.452. The van der Waals surface area contributed by atoms with E-state index in [9.17, 15) is 9.18 Å². The molecule has 0 radical (unpaired) electrons. The maximum Gasteiger partial charge on any atom is 0.144 e. The number of nitrogens with two attached hydrogens (primary N) is 1. The van der Waals surface area contributed by atoms with Crippen molar-refractivity contribution in [2.45, 2.75) is 19.3 Å². The van der Waals surface area contributed by atoms with Crippen molar-refractivity contribution in [3.05, 3.63) is 35.6 Å². The lowest BCUT2D eigenvalue weighted by molar-refractivity contribution is -0.132. The van der Waals surface area contributed by atoms with Crippen LogP contribution in [0.15, 0.2) is 24.3 Å². The monoisotopic (exact) mass is 251 g/mol. The summed E-state index contributed by atoms with van der Waals surface area (Å²) in [6, 6.07) is 6.05. The van der Waals surface area contributed by atoms with Crippen LogP contribution in [-0.2, 0) is 16.0 Å². The highest BCUT2D eigenvalue weighted by atomic mass is 19.1. The Bertz CT molecular complexity index is 410. The molecule has 0 saturated carbocycles. The first-order valence-electron chi connectivity index (χ1n) is 6.22. The number of benzene rings is 1. The zero-order chi connectivity index (χ0) is 13.0. The van der Waals surface area contributed by atoms with Crippen molar-refractivity contribution < 1.29 is 13.9 Å². The summed E-state index contributed by atoms with van der Waals surface area (Å²) >= 11 is 0. The SMILES string of the molecule is NCC1(C(=O)Cc2ccc(F)cc2)CCOCC1. The summed E-state index contributed by atoms with van der Waals surface area (Å²) in [6.07, 6.45) is 1.69. The minimum absolute atomic E-state index is 0.139. The summed E-state index contributed by atoms with van der Waals surface area (Å²) in [6.45, 7) is 1.54. The molecule has 98 valence electrons. The predicted octanol–water partition coefficient (Wildman–Crippen LogP) is 1.69. The Morgan fingerprint density at radius 1 is 1.28 bits per heavy atom. The van der Waals surface area contributed by atoms with Crippen LogP contribution in [0.2, 0.25) is 0 Å². The second-order valence-corrected chi connectivity index (χ2v) is 4.82. The average molecular weight is 251 g/mol. The Kier molecular flexibility index (Phi) is 4.09. The number of rotatable bonds is 4. The van der Waals surface area contributed by atoms with Crippen LogP contribution in [0.3, 0.4) is 0 Å². The van der Waals surface area contributed by atoms with Gasteiger partial charge in [0.15, 0.2) is 0 Å². The molecule has 1 aliphatic heterocycles. The number of hydrogen-bond donors (Lipinski definition) is 1. The zero-order valence-corrected chi connectivity index (χ0v) is 10.3. The normalized spacial score (nSPS) is 18.6. The van der Waals surface area contributed by atoms with Crippen LogP contribution in [0.1, 0.15) is 18.4 Å². The van der Waals surface area contributed by atoms with E-state index in [1.165, 1.54) is 12.1 Å². The smallest absolute Gasteiger partial charge is 0.144 e. The third-order valence-corrected chi connectivity index (χ3v) is 3.71. The molecule has 1 fully saturated rings. The quantitative estimate of drug-likeness (QED) is 0.886. The lowest BCUT2D eigenvalue weighted by atomic mass is 9.74. The molecule has 0 bridgehead atoms. The zero-order valence-electron chi connectivity index (χ0n) is 10.3. The summed E-state index contributed by atoms with van der Waals surface area (Å²) in [5.41, 5.74) is 6.16. The molecule has 3 nitrogen and oxygen atoms in total. The van der Waals surface area contributed by atoms with Crippen LogP contribution in [0.5, 0.6) is 0 Å². The first-order valence-corrected chi connectivity index (χ1v) is 6.22. The predicted molar refractivity (Wildman–Crippen MR) is 66.7 cm³/mol. The molecule has 1 heterocycles. The van der Waals surface area contributed by atoms with Gasteiger partial charge in [0, 0.05) is 31.6 Å². The van der Waals surface area contributed by atoms with Crippen LogP contribution in [-0.4, -0.2) is 25.5 Å².